The first kappa shape index (κ1) is 22.6. The van der Waals surface area contributed by atoms with Gasteiger partial charge in [-0.2, -0.15) is 13.2 Å². The minimum atomic E-state index is -4.50. The summed E-state index contributed by atoms with van der Waals surface area (Å²) in [5.41, 5.74) is 2.43. The highest BCUT2D eigenvalue weighted by Crippen LogP contribution is 2.36. The standard InChI is InChI=1S/C24H24F3N5O/c1-15-12-16(2)29-23(28-15)30-19-7-5-6-17(13-19)22(33)31-20-14-18(24(25,26)27)8-9-21(20)32-10-3-4-11-32/h5-9,12-14H,3-4,10-11H2,1-2H3,(H,31,33)(H,28,29,30). The van der Waals surface area contributed by atoms with Crippen molar-refractivity contribution in [2.24, 2.45) is 0 Å². The summed E-state index contributed by atoms with van der Waals surface area (Å²) in [7, 11) is 0. The first-order chi connectivity index (χ1) is 15.7. The fourth-order valence-corrected chi connectivity index (χ4v) is 3.89. The molecule has 0 aliphatic carbocycles. The van der Waals surface area contributed by atoms with Gasteiger partial charge in [-0.15, -0.1) is 0 Å². The lowest BCUT2D eigenvalue weighted by Gasteiger charge is -2.23. The van der Waals surface area contributed by atoms with Crippen LogP contribution in [0.3, 0.4) is 0 Å². The lowest BCUT2D eigenvalue weighted by molar-refractivity contribution is -0.137. The molecular weight excluding hydrogens is 431 g/mol. The Hall–Kier alpha value is -3.62. The van der Waals surface area contributed by atoms with Crippen molar-refractivity contribution in [1.29, 1.82) is 0 Å². The number of carbonyl (C=O) groups excluding carboxylic acids is 1. The van der Waals surface area contributed by atoms with Gasteiger partial charge >= 0.3 is 6.18 Å². The number of anilines is 4. The highest BCUT2D eigenvalue weighted by molar-refractivity contribution is 6.06. The molecule has 4 rings (SSSR count). The van der Waals surface area contributed by atoms with Crippen LogP contribution in [0.4, 0.5) is 36.2 Å². The molecule has 172 valence electrons. The van der Waals surface area contributed by atoms with Crippen LogP contribution in [-0.4, -0.2) is 29.0 Å². The summed E-state index contributed by atoms with van der Waals surface area (Å²) in [5, 5.41) is 5.76. The number of nitrogens with one attached hydrogen (secondary N) is 2. The molecule has 6 nitrogen and oxygen atoms in total. The van der Waals surface area contributed by atoms with E-state index in [4.69, 9.17) is 0 Å². The number of benzene rings is 2. The molecule has 0 atom stereocenters. The second-order valence-corrected chi connectivity index (χ2v) is 8.06. The monoisotopic (exact) mass is 455 g/mol. The van der Waals surface area contributed by atoms with E-state index in [1.165, 1.54) is 6.07 Å². The Labute approximate surface area is 189 Å². The van der Waals surface area contributed by atoms with Crippen LogP contribution in [0.5, 0.6) is 0 Å². The Kier molecular flexibility index (Phi) is 6.22. The van der Waals surface area contributed by atoms with Crippen molar-refractivity contribution in [3.63, 3.8) is 0 Å². The largest absolute Gasteiger partial charge is 0.416 e. The Morgan fingerprint density at radius 3 is 2.33 bits per heavy atom. The van der Waals surface area contributed by atoms with Gasteiger partial charge in [0.15, 0.2) is 0 Å². The number of hydrogen-bond donors (Lipinski definition) is 2. The second-order valence-electron chi connectivity index (χ2n) is 8.06. The summed E-state index contributed by atoms with van der Waals surface area (Å²) in [5.74, 6) is -0.0981. The fraction of sp³-hybridized carbons (Fsp3) is 0.292. The van der Waals surface area contributed by atoms with Crippen LogP contribution < -0.4 is 15.5 Å². The molecule has 1 aliphatic rings. The van der Waals surface area contributed by atoms with Crippen molar-refractivity contribution in [1.82, 2.24) is 9.97 Å². The molecule has 2 aromatic carbocycles. The highest BCUT2D eigenvalue weighted by atomic mass is 19.4. The number of hydrogen-bond acceptors (Lipinski definition) is 5. The summed E-state index contributed by atoms with van der Waals surface area (Å²) in [4.78, 5) is 23.6. The Bertz CT molecular complexity index is 1150. The number of rotatable bonds is 5. The van der Waals surface area contributed by atoms with Gasteiger partial charge in [-0.25, -0.2) is 9.97 Å². The third kappa shape index (κ3) is 5.42. The van der Waals surface area contributed by atoms with E-state index in [1.54, 1.807) is 24.3 Å². The molecule has 0 unspecified atom stereocenters. The van der Waals surface area contributed by atoms with Gasteiger partial charge in [0.2, 0.25) is 5.95 Å². The van der Waals surface area contributed by atoms with Gasteiger partial charge in [-0.3, -0.25) is 4.79 Å². The van der Waals surface area contributed by atoms with Gasteiger partial charge in [-0.1, -0.05) is 6.07 Å². The van der Waals surface area contributed by atoms with E-state index in [0.29, 0.717) is 22.9 Å². The van der Waals surface area contributed by atoms with E-state index in [-0.39, 0.29) is 5.69 Å². The van der Waals surface area contributed by atoms with Crippen molar-refractivity contribution in [2.75, 3.05) is 28.6 Å². The van der Waals surface area contributed by atoms with E-state index < -0.39 is 17.6 Å². The highest BCUT2D eigenvalue weighted by Gasteiger charge is 2.32. The Morgan fingerprint density at radius 2 is 1.67 bits per heavy atom. The number of carbonyl (C=O) groups is 1. The molecular formula is C24H24F3N5O. The van der Waals surface area contributed by atoms with Crippen LogP contribution in [0.2, 0.25) is 0 Å². The smallest absolute Gasteiger partial charge is 0.370 e. The molecule has 0 saturated carbocycles. The van der Waals surface area contributed by atoms with Gasteiger partial charge in [0.1, 0.15) is 0 Å². The van der Waals surface area contributed by atoms with Gasteiger partial charge in [0.25, 0.3) is 5.91 Å². The quantitative estimate of drug-likeness (QED) is 0.516. The van der Waals surface area contributed by atoms with Crippen molar-refractivity contribution in [3.05, 3.63) is 71.0 Å². The van der Waals surface area contributed by atoms with Crippen molar-refractivity contribution in [2.45, 2.75) is 32.9 Å². The van der Waals surface area contributed by atoms with E-state index >= 15 is 0 Å². The molecule has 0 radical (unpaired) electrons. The van der Waals surface area contributed by atoms with E-state index in [2.05, 4.69) is 20.6 Å². The summed E-state index contributed by atoms with van der Waals surface area (Å²) in [6.07, 6.45) is -2.58. The second kappa shape index (κ2) is 9.09. The van der Waals surface area contributed by atoms with Crippen LogP contribution >= 0.6 is 0 Å². The lowest BCUT2D eigenvalue weighted by atomic mass is 10.1. The molecule has 0 bridgehead atoms. The van der Waals surface area contributed by atoms with Crippen LogP contribution in [0.15, 0.2) is 48.5 Å². The van der Waals surface area contributed by atoms with Gasteiger partial charge < -0.3 is 15.5 Å². The van der Waals surface area contributed by atoms with Crippen molar-refractivity contribution < 1.29 is 18.0 Å². The maximum absolute atomic E-state index is 13.3. The number of halogens is 3. The molecule has 1 fully saturated rings. The van der Waals surface area contributed by atoms with Crippen LogP contribution in [0.1, 0.15) is 40.2 Å². The molecule has 1 aliphatic heterocycles. The average molecular weight is 455 g/mol. The first-order valence-corrected chi connectivity index (χ1v) is 10.7. The zero-order valence-corrected chi connectivity index (χ0v) is 18.3. The van der Waals surface area contributed by atoms with Crippen molar-refractivity contribution in [3.8, 4) is 0 Å². The minimum Gasteiger partial charge on any atom is -0.370 e. The number of alkyl halides is 3. The fourth-order valence-electron chi connectivity index (χ4n) is 3.89. The van der Waals surface area contributed by atoms with Crippen molar-refractivity contribution >= 4 is 28.9 Å². The number of aromatic nitrogens is 2. The number of aryl methyl sites for hydroxylation is 2. The summed E-state index contributed by atoms with van der Waals surface area (Å²) in [6.45, 7) is 5.20. The SMILES string of the molecule is Cc1cc(C)nc(Nc2cccc(C(=O)Nc3cc(C(F)(F)F)ccc3N3CCCC3)c2)n1. The molecule has 1 saturated heterocycles. The maximum Gasteiger partial charge on any atom is 0.416 e. The maximum atomic E-state index is 13.3. The average Bonchev–Trinajstić information content (AvgIpc) is 3.27. The predicted octanol–water partition coefficient (Wildman–Crippen LogP) is 5.71. The molecule has 3 aromatic rings. The molecule has 33 heavy (non-hydrogen) atoms. The third-order valence-corrected chi connectivity index (χ3v) is 5.38. The van der Waals surface area contributed by atoms with E-state index in [0.717, 1.165) is 49.5 Å². The molecule has 0 spiro atoms. The van der Waals surface area contributed by atoms with Crippen LogP contribution in [0.25, 0.3) is 0 Å². The van der Waals surface area contributed by atoms with Crippen LogP contribution in [-0.2, 0) is 6.18 Å². The van der Waals surface area contributed by atoms with Crippen LogP contribution in [0, 0.1) is 13.8 Å². The molecule has 2 N–H and O–H groups in total. The van der Waals surface area contributed by atoms with Gasteiger partial charge in [-0.05, 0) is 69.2 Å². The molecule has 1 aromatic heterocycles. The summed E-state index contributed by atoms with van der Waals surface area (Å²) >= 11 is 0. The summed E-state index contributed by atoms with van der Waals surface area (Å²) in [6, 6.07) is 12.0. The van der Waals surface area contributed by atoms with Gasteiger partial charge in [0.05, 0.1) is 16.9 Å². The predicted molar refractivity (Wildman–Crippen MR) is 122 cm³/mol. The minimum absolute atomic E-state index is 0.146. The normalized spacial score (nSPS) is 13.8. The van der Waals surface area contributed by atoms with E-state index in [9.17, 15) is 18.0 Å². The Balaban J connectivity index is 1.59. The third-order valence-electron chi connectivity index (χ3n) is 5.38. The Morgan fingerprint density at radius 1 is 0.970 bits per heavy atom. The van der Waals surface area contributed by atoms with Gasteiger partial charge in [0, 0.05) is 35.7 Å². The number of nitrogens with zero attached hydrogens (tertiary/aromatic N) is 3. The lowest BCUT2D eigenvalue weighted by Crippen LogP contribution is -2.22. The zero-order valence-electron chi connectivity index (χ0n) is 18.3. The molecule has 1 amide bonds. The number of amides is 1. The first-order valence-electron chi connectivity index (χ1n) is 10.7. The van der Waals surface area contributed by atoms with E-state index in [1.807, 2.05) is 24.8 Å². The molecule has 9 heteroatoms. The summed E-state index contributed by atoms with van der Waals surface area (Å²) < 4.78 is 39.9. The zero-order chi connectivity index (χ0) is 23.6. The molecule has 2 heterocycles. The topological polar surface area (TPSA) is 70.2 Å².